The van der Waals surface area contributed by atoms with E-state index in [4.69, 9.17) is 4.98 Å². The van der Waals surface area contributed by atoms with E-state index in [1.807, 2.05) is 11.3 Å². The van der Waals surface area contributed by atoms with Crippen molar-refractivity contribution in [2.45, 2.75) is 58.0 Å². The molecular formula is C14H24N2O2S2. The van der Waals surface area contributed by atoms with E-state index in [0.717, 1.165) is 25.7 Å². The Morgan fingerprint density at radius 3 is 2.90 bits per heavy atom. The molecule has 1 aromatic heterocycles. The van der Waals surface area contributed by atoms with Gasteiger partial charge in [-0.1, -0.05) is 6.92 Å². The number of rotatable bonds is 6. The Labute approximate surface area is 125 Å². The van der Waals surface area contributed by atoms with Gasteiger partial charge >= 0.3 is 0 Å². The van der Waals surface area contributed by atoms with Gasteiger partial charge in [-0.2, -0.15) is 0 Å². The second kappa shape index (κ2) is 6.54. The second-order valence-corrected chi connectivity index (χ2v) is 9.08. The van der Waals surface area contributed by atoms with Crippen molar-refractivity contribution in [1.82, 2.24) is 10.3 Å². The minimum absolute atomic E-state index is 0.216. The largest absolute Gasteiger partial charge is 0.307 e. The molecule has 1 N–H and O–H groups in total. The number of sulfone groups is 1. The van der Waals surface area contributed by atoms with Crippen molar-refractivity contribution in [2.75, 3.05) is 12.0 Å². The number of hydrogen-bond donors (Lipinski definition) is 1. The van der Waals surface area contributed by atoms with Gasteiger partial charge < -0.3 is 5.32 Å². The average Bonchev–Trinajstić information content (AvgIpc) is 2.80. The maximum Gasteiger partial charge on any atom is 0.147 e. The number of thiazole rings is 1. The highest BCUT2D eigenvalue weighted by molar-refractivity contribution is 7.90. The van der Waals surface area contributed by atoms with Gasteiger partial charge in [-0.05, 0) is 39.0 Å². The minimum Gasteiger partial charge on any atom is -0.307 e. The van der Waals surface area contributed by atoms with E-state index >= 15 is 0 Å². The van der Waals surface area contributed by atoms with E-state index in [9.17, 15) is 8.42 Å². The molecule has 0 fully saturated rings. The monoisotopic (exact) mass is 316 g/mol. The lowest BCUT2D eigenvalue weighted by molar-refractivity contribution is 0.406. The van der Waals surface area contributed by atoms with E-state index < -0.39 is 9.84 Å². The Kier molecular flexibility index (Phi) is 5.20. The Morgan fingerprint density at radius 2 is 2.25 bits per heavy atom. The molecule has 1 aliphatic rings. The average molecular weight is 316 g/mol. The summed E-state index contributed by atoms with van der Waals surface area (Å²) in [6.07, 6.45) is 6.34. The number of fused-ring (bicyclic) bond motifs is 1. The predicted octanol–water partition coefficient (Wildman–Crippen LogP) is 2.50. The third-order valence-corrected chi connectivity index (χ3v) is 6.04. The van der Waals surface area contributed by atoms with Crippen LogP contribution in [-0.4, -0.2) is 31.5 Å². The number of nitrogens with one attached hydrogen (secondary N) is 1. The molecule has 0 saturated heterocycles. The van der Waals surface area contributed by atoms with Crippen molar-refractivity contribution in [3.05, 3.63) is 15.6 Å². The zero-order valence-corrected chi connectivity index (χ0v) is 14.1. The topological polar surface area (TPSA) is 59.1 Å². The van der Waals surface area contributed by atoms with Crippen molar-refractivity contribution in [1.29, 1.82) is 0 Å². The van der Waals surface area contributed by atoms with Gasteiger partial charge in [-0.25, -0.2) is 13.4 Å². The highest BCUT2D eigenvalue weighted by atomic mass is 32.2. The summed E-state index contributed by atoms with van der Waals surface area (Å²) in [5, 5.41) is 4.81. The fraction of sp³-hybridized carbons (Fsp3) is 0.786. The molecule has 1 aliphatic carbocycles. The van der Waals surface area contributed by atoms with E-state index in [-0.39, 0.29) is 11.8 Å². The van der Waals surface area contributed by atoms with Crippen LogP contribution in [0.3, 0.4) is 0 Å². The first-order valence-electron chi connectivity index (χ1n) is 7.31. The highest BCUT2D eigenvalue weighted by Crippen LogP contribution is 2.34. The van der Waals surface area contributed by atoms with Crippen LogP contribution in [-0.2, 0) is 22.7 Å². The van der Waals surface area contributed by atoms with Crippen LogP contribution in [0, 0.1) is 0 Å². The minimum atomic E-state index is -2.87. The maximum atomic E-state index is 11.2. The molecule has 0 bridgehead atoms. The summed E-state index contributed by atoms with van der Waals surface area (Å²) in [6, 6.07) is 0.568. The van der Waals surface area contributed by atoms with Crippen LogP contribution in [0.4, 0.5) is 0 Å². The van der Waals surface area contributed by atoms with Gasteiger partial charge in [0, 0.05) is 23.2 Å². The van der Waals surface area contributed by atoms with Crippen molar-refractivity contribution < 1.29 is 8.42 Å². The summed E-state index contributed by atoms with van der Waals surface area (Å²) in [4.78, 5) is 6.07. The fourth-order valence-electron chi connectivity index (χ4n) is 2.60. The van der Waals surface area contributed by atoms with Gasteiger partial charge in [-0.15, -0.1) is 11.3 Å². The molecule has 0 spiro atoms. The standard InChI is InChI=1S/C14H24N2O2S2/c1-4-13-16-12-7-5-6-11(14(12)19-13)15-10(2)8-9-20(3,17)18/h10-11,15H,4-9H2,1-3H3/t10-,11-/m0/s1. The molecule has 1 heterocycles. The Morgan fingerprint density at radius 1 is 1.50 bits per heavy atom. The van der Waals surface area contributed by atoms with Crippen LogP contribution in [0.1, 0.15) is 54.7 Å². The molecule has 114 valence electrons. The fourth-order valence-corrected chi connectivity index (χ4v) is 4.53. The molecule has 1 aromatic rings. The maximum absolute atomic E-state index is 11.2. The molecule has 0 amide bonds. The van der Waals surface area contributed by atoms with Crippen molar-refractivity contribution >= 4 is 21.2 Å². The molecule has 0 aliphatic heterocycles. The first-order chi connectivity index (χ1) is 9.39. The normalized spacial score (nSPS) is 20.6. The molecule has 0 unspecified atom stereocenters. The van der Waals surface area contributed by atoms with Crippen LogP contribution < -0.4 is 5.32 Å². The first kappa shape index (κ1) is 15.9. The molecule has 0 saturated carbocycles. The summed E-state index contributed by atoms with van der Waals surface area (Å²) in [7, 11) is -2.87. The van der Waals surface area contributed by atoms with E-state index in [2.05, 4.69) is 19.2 Å². The predicted molar refractivity (Wildman–Crippen MR) is 84.1 cm³/mol. The van der Waals surface area contributed by atoms with E-state index in [1.54, 1.807) is 0 Å². The van der Waals surface area contributed by atoms with Gasteiger partial charge in [0.2, 0.25) is 0 Å². The Hall–Kier alpha value is -0.460. The summed E-state index contributed by atoms with van der Waals surface area (Å²) in [5.41, 5.74) is 1.26. The molecule has 0 aromatic carbocycles. The lowest BCUT2D eigenvalue weighted by atomic mass is 9.97. The molecular weight excluding hydrogens is 292 g/mol. The van der Waals surface area contributed by atoms with Crippen molar-refractivity contribution in [3.63, 3.8) is 0 Å². The smallest absolute Gasteiger partial charge is 0.147 e. The number of nitrogens with zero attached hydrogens (tertiary/aromatic N) is 1. The molecule has 20 heavy (non-hydrogen) atoms. The van der Waals surface area contributed by atoms with Gasteiger partial charge in [0.1, 0.15) is 9.84 Å². The van der Waals surface area contributed by atoms with E-state index in [1.165, 1.54) is 21.8 Å². The van der Waals surface area contributed by atoms with Crippen LogP contribution in [0.5, 0.6) is 0 Å². The van der Waals surface area contributed by atoms with E-state index in [0.29, 0.717) is 12.5 Å². The number of hydrogen-bond acceptors (Lipinski definition) is 5. The summed E-state index contributed by atoms with van der Waals surface area (Å²) in [5.74, 6) is 0.254. The highest BCUT2D eigenvalue weighted by Gasteiger charge is 2.25. The Bertz CT molecular complexity index is 552. The lowest BCUT2D eigenvalue weighted by Crippen LogP contribution is -2.33. The number of aryl methyl sites for hydroxylation is 2. The number of aromatic nitrogens is 1. The summed E-state index contributed by atoms with van der Waals surface area (Å²) in [6.45, 7) is 4.21. The SMILES string of the molecule is CCc1nc2c(s1)[C@@H](N[C@@H](C)CCS(C)(=O)=O)CCC2. The van der Waals surface area contributed by atoms with Crippen LogP contribution >= 0.6 is 11.3 Å². The molecule has 2 rings (SSSR count). The van der Waals surface area contributed by atoms with Crippen LogP contribution in [0.25, 0.3) is 0 Å². The lowest BCUT2D eigenvalue weighted by Gasteiger charge is -2.26. The summed E-state index contributed by atoms with van der Waals surface area (Å²) >= 11 is 1.82. The molecule has 0 radical (unpaired) electrons. The zero-order chi connectivity index (χ0) is 14.8. The quantitative estimate of drug-likeness (QED) is 0.876. The first-order valence-corrected chi connectivity index (χ1v) is 10.2. The van der Waals surface area contributed by atoms with Gasteiger partial charge in [0.25, 0.3) is 0 Å². The van der Waals surface area contributed by atoms with Crippen molar-refractivity contribution in [2.24, 2.45) is 0 Å². The van der Waals surface area contributed by atoms with Gasteiger partial charge in [-0.3, -0.25) is 0 Å². The van der Waals surface area contributed by atoms with Gasteiger partial charge in [0.15, 0.2) is 0 Å². The van der Waals surface area contributed by atoms with Crippen LogP contribution in [0.2, 0.25) is 0 Å². The van der Waals surface area contributed by atoms with Crippen LogP contribution in [0.15, 0.2) is 0 Å². The molecule has 6 heteroatoms. The third-order valence-electron chi connectivity index (χ3n) is 3.70. The summed E-state index contributed by atoms with van der Waals surface area (Å²) < 4.78 is 22.5. The Balaban J connectivity index is 1.99. The molecule has 4 nitrogen and oxygen atoms in total. The zero-order valence-electron chi connectivity index (χ0n) is 12.5. The third kappa shape index (κ3) is 4.27. The molecule has 2 atom stereocenters. The second-order valence-electron chi connectivity index (χ2n) is 5.70. The van der Waals surface area contributed by atoms with Crippen molar-refractivity contribution in [3.8, 4) is 0 Å². The van der Waals surface area contributed by atoms with Gasteiger partial charge in [0.05, 0.1) is 16.5 Å².